The first kappa shape index (κ1) is 12.1. The Labute approximate surface area is 92.7 Å². The summed E-state index contributed by atoms with van der Waals surface area (Å²) in [5.74, 6) is -1.96. The molecule has 86 valence electrons. The van der Waals surface area contributed by atoms with Crippen molar-refractivity contribution in [2.24, 2.45) is 5.73 Å². The largest absolute Gasteiger partial charge is 0.480 e. The van der Waals surface area contributed by atoms with Crippen LogP contribution in [0.3, 0.4) is 0 Å². The number of carboxylic acid groups (broad SMARTS) is 1. The Morgan fingerprint density at radius 2 is 2.31 bits per heavy atom. The third-order valence-electron chi connectivity index (χ3n) is 2.05. The third-order valence-corrected chi connectivity index (χ3v) is 2.05. The van der Waals surface area contributed by atoms with Crippen molar-refractivity contribution in [3.05, 3.63) is 30.1 Å². The zero-order valence-corrected chi connectivity index (χ0v) is 8.83. The summed E-state index contributed by atoms with van der Waals surface area (Å²) in [6.45, 7) is 0.285. The van der Waals surface area contributed by atoms with E-state index < -0.39 is 17.9 Å². The summed E-state index contributed by atoms with van der Waals surface area (Å²) in [7, 11) is 1.50. The molecule has 0 bridgehead atoms. The fourth-order valence-electron chi connectivity index (χ4n) is 1.19. The molecule has 0 saturated heterocycles. The van der Waals surface area contributed by atoms with Crippen molar-refractivity contribution in [3.8, 4) is 0 Å². The number of rotatable bonds is 4. The van der Waals surface area contributed by atoms with Gasteiger partial charge >= 0.3 is 5.97 Å². The minimum absolute atomic E-state index is 0.285. The summed E-state index contributed by atoms with van der Waals surface area (Å²) in [5, 5.41) is 8.58. The molecule has 6 heteroatoms. The molecular weight excluding hydrogens is 210 g/mol. The van der Waals surface area contributed by atoms with Crippen molar-refractivity contribution in [1.29, 1.82) is 0 Å². The van der Waals surface area contributed by atoms with Crippen molar-refractivity contribution in [2.45, 2.75) is 12.6 Å². The number of carbonyl (C=O) groups is 2. The number of aliphatic carboxylic acids is 1. The van der Waals surface area contributed by atoms with Gasteiger partial charge in [0.2, 0.25) is 0 Å². The molecule has 1 heterocycles. The second-order valence-electron chi connectivity index (χ2n) is 3.37. The van der Waals surface area contributed by atoms with Gasteiger partial charge in [0.15, 0.2) is 6.04 Å². The Morgan fingerprint density at radius 1 is 1.62 bits per heavy atom. The highest BCUT2D eigenvalue weighted by molar-refractivity contribution is 6.00. The van der Waals surface area contributed by atoms with Gasteiger partial charge in [-0.1, -0.05) is 6.07 Å². The van der Waals surface area contributed by atoms with E-state index in [2.05, 4.69) is 4.98 Å². The number of nitrogens with zero attached hydrogens (tertiary/aromatic N) is 2. The Hall–Kier alpha value is -1.95. The maximum atomic E-state index is 11.5. The molecule has 6 nitrogen and oxygen atoms in total. The molecule has 1 rings (SSSR count). The van der Waals surface area contributed by atoms with Crippen LogP contribution in [0.5, 0.6) is 0 Å². The molecule has 16 heavy (non-hydrogen) atoms. The smallest absolute Gasteiger partial charge is 0.330 e. The zero-order valence-electron chi connectivity index (χ0n) is 8.83. The fourth-order valence-corrected chi connectivity index (χ4v) is 1.19. The van der Waals surface area contributed by atoms with Crippen LogP contribution in [0.2, 0.25) is 0 Å². The molecule has 1 unspecified atom stereocenters. The summed E-state index contributed by atoms with van der Waals surface area (Å²) < 4.78 is 0. The topological polar surface area (TPSA) is 96.5 Å². The van der Waals surface area contributed by atoms with Gasteiger partial charge < -0.3 is 15.7 Å². The van der Waals surface area contributed by atoms with E-state index in [4.69, 9.17) is 10.8 Å². The lowest BCUT2D eigenvalue weighted by molar-refractivity contribution is -0.146. The fraction of sp³-hybridized carbons (Fsp3) is 0.300. The lowest BCUT2D eigenvalue weighted by Gasteiger charge is -2.18. The zero-order chi connectivity index (χ0) is 12.1. The van der Waals surface area contributed by atoms with E-state index in [0.717, 1.165) is 5.56 Å². The highest BCUT2D eigenvalue weighted by Crippen LogP contribution is 2.02. The summed E-state index contributed by atoms with van der Waals surface area (Å²) in [6, 6.07) is 2.02. The summed E-state index contributed by atoms with van der Waals surface area (Å²) in [5.41, 5.74) is 6.02. The van der Waals surface area contributed by atoms with Crippen LogP contribution < -0.4 is 5.73 Å². The minimum atomic E-state index is -1.51. The Morgan fingerprint density at radius 3 is 2.81 bits per heavy atom. The van der Waals surface area contributed by atoms with Crippen LogP contribution in [0.25, 0.3) is 0 Å². The first-order valence-electron chi connectivity index (χ1n) is 4.64. The highest BCUT2D eigenvalue weighted by Gasteiger charge is 2.24. The van der Waals surface area contributed by atoms with Gasteiger partial charge in [-0.2, -0.15) is 0 Å². The Balaban J connectivity index is 2.62. The first-order valence-corrected chi connectivity index (χ1v) is 4.64. The second-order valence-corrected chi connectivity index (χ2v) is 3.37. The number of carbonyl (C=O) groups excluding carboxylic acids is 1. The van der Waals surface area contributed by atoms with E-state index in [1.165, 1.54) is 11.9 Å². The van der Waals surface area contributed by atoms with Crippen LogP contribution in [-0.4, -0.2) is 40.0 Å². The maximum absolute atomic E-state index is 11.5. The maximum Gasteiger partial charge on any atom is 0.330 e. The standard InChI is InChI=1S/C10H13N3O3/c1-13(9(14)8(11)10(15)16)6-7-3-2-4-12-5-7/h2-5,8H,6,11H2,1H3,(H,15,16). The number of hydrogen-bond donors (Lipinski definition) is 2. The molecule has 1 amide bonds. The lowest BCUT2D eigenvalue weighted by atomic mass is 10.2. The van der Waals surface area contributed by atoms with Crippen LogP contribution in [0.15, 0.2) is 24.5 Å². The molecule has 0 aromatic carbocycles. The van der Waals surface area contributed by atoms with Gasteiger partial charge in [0.25, 0.3) is 5.91 Å². The molecule has 1 aromatic rings. The van der Waals surface area contributed by atoms with E-state index in [0.29, 0.717) is 0 Å². The molecule has 0 spiro atoms. The number of likely N-dealkylation sites (N-methyl/N-ethyl adjacent to an activating group) is 1. The van der Waals surface area contributed by atoms with Gasteiger partial charge in [0.05, 0.1) is 0 Å². The predicted octanol–water partition coefficient (Wildman–Crippen LogP) is -0.548. The van der Waals surface area contributed by atoms with E-state index in [9.17, 15) is 9.59 Å². The van der Waals surface area contributed by atoms with E-state index in [-0.39, 0.29) is 6.54 Å². The van der Waals surface area contributed by atoms with Crippen molar-refractivity contribution in [3.63, 3.8) is 0 Å². The Bertz CT molecular complexity index is 380. The highest BCUT2D eigenvalue weighted by atomic mass is 16.4. The number of hydrogen-bond acceptors (Lipinski definition) is 4. The van der Waals surface area contributed by atoms with Gasteiger partial charge in [-0.25, -0.2) is 4.79 Å². The van der Waals surface area contributed by atoms with Crippen LogP contribution in [-0.2, 0) is 16.1 Å². The molecule has 1 atom stereocenters. The average Bonchev–Trinajstić information content (AvgIpc) is 2.28. The quantitative estimate of drug-likeness (QED) is 0.668. The molecule has 0 aliphatic rings. The molecule has 0 aliphatic heterocycles. The normalized spacial score (nSPS) is 11.9. The van der Waals surface area contributed by atoms with Crippen LogP contribution >= 0.6 is 0 Å². The summed E-state index contributed by atoms with van der Waals surface area (Å²) >= 11 is 0. The van der Waals surface area contributed by atoms with Gasteiger partial charge in [-0.3, -0.25) is 9.78 Å². The van der Waals surface area contributed by atoms with Crippen molar-refractivity contribution in [2.75, 3.05) is 7.05 Å². The predicted molar refractivity (Wildman–Crippen MR) is 56.3 cm³/mol. The van der Waals surface area contributed by atoms with E-state index in [1.54, 1.807) is 24.5 Å². The molecule has 1 aromatic heterocycles. The molecule has 3 N–H and O–H groups in total. The van der Waals surface area contributed by atoms with Crippen LogP contribution in [0.4, 0.5) is 0 Å². The summed E-state index contributed by atoms with van der Waals surface area (Å²) in [4.78, 5) is 27.2. The van der Waals surface area contributed by atoms with E-state index >= 15 is 0 Å². The van der Waals surface area contributed by atoms with Crippen LogP contribution in [0.1, 0.15) is 5.56 Å². The van der Waals surface area contributed by atoms with Crippen molar-refractivity contribution in [1.82, 2.24) is 9.88 Å². The van der Waals surface area contributed by atoms with Crippen molar-refractivity contribution >= 4 is 11.9 Å². The van der Waals surface area contributed by atoms with Crippen molar-refractivity contribution < 1.29 is 14.7 Å². The minimum Gasteiger partial charge on any atom is -0.480 e. The number of aromatic nitrogens is 1. The molecule has 0 aliphatic carbocycles. The first-order chi connectivity index (χ1) is 7.52. The summed E-state index contributed by atoms with van der Waals surface area (Å²) in [6.07, 6.45) is 3.23. The number of amides is 1. The SMILES string of the molecule is CN(Cc1cccnc1)C(=O)C(N)C(=O)O. The third kappa shape index (κ3) is 3.03. The van der Waals surface area contributed by atoms with Crippen LogP contribution in [0, 0.1) is 0 Å². The molecular formula is C10H13N3O3. The number of pyridine rings is 1. The van der Waals surface area contributed by atoms with Gasteiger partial charge in [0, 0.05) is 26.0 Å². The second kappa shape index (κ2) is 5.22. The molecule has 0 radical (unpaired) electrons. The molecule has 0 saturated carbocycles. The number of nitrogens with two attached hydrogens (primary N) is 1. The lowest BCUT2D eigenvalue weighted by Crippen LogP contribution is -2.46. The van der Waals surface area contributed by atoms with Gasteiger partial charge in [-0.15, -0.1) is 0 Å². The van der Waals surface area contributed by atoms with E-state index in [1.807, 2.05) is 0 Å². The number of carboxylic acids is 1. The monoisotopic (exact) mass is 223 g/mol. The van der Waals surface area contributed by atoms with Gasteiger partial charge in [0.1, 0.15) is 0 Å². The molecule has 0 fully saturated rings. The Kier molecular flexibility index (Phi) is 3.96. The van der Waals surface area contributed by atoms with Gasteiger partial charge in [-0.05, 0) is 11.6 Å². The average molecular weight is 223 g/mol.